The largest absolute Gasteiger partial charge is 0.494 e. The molecule has 0 unspecified atom stereocenters. The predicted octanol–water partition coefficient (Wildman–Crippen LogP) is 4.30. The summed E-state index contributed by atoms with van der Waals surface area (Å²) in [6.07, 6.45) is 0. The number of hydrogen-bond donors (Lipinski definition) is 1. The molecule has 4 aromatic rings. The van der Waals surface area contributed by atoms with E-state index in [9.17, 15) is 4.79 Å². The summed E-state index contributed by atoms with van der Waals surface area (Å²) < 4.78 is 12.8. The Balaban J connectivity index is 1.35. The number of aromatic nitrogens is 4. The van der Waals surface area contributed by atoms with Crippen molar-refractivity contribution in [2.24, 2.45) is 0 Å². The number of thioether (sulfide) groups is 1. The summed E-state index contributed by atoms with van der Waals surface area (Å²) in [4.78, 5) is 12.4. The molecule has 0 saturated heterocycles. The smallest absolute Gasteiger partial charge is 0.230 e. The minimum Gasteiger partial charge on any atom is -0.494 e. The van der Waals surface area contributed by atoms with Crippen molar-refractivity contribution in [3.63, 3.8) is 0 Å². The van der Waals surface area contributed by atoms with Gasteiger partial charge in [-0.25, -0.2) is 0 Å². The fraction of sp³-hybridized carbons (Fsp3) is 0.182. The van der Waals surface area contributed by atoms with Crippen LogP contribution in [0.1, 0.15) is 11.3 Å². The lowest BCUT2D eigenvalue weighted by Gasteiger charge is -2.10. The number of rotatable bonds is 8. The van der Waals surface area contributed by atoms with Gasteiger partial charge in [0.15, 0.2) is 0 Å². The van der Waals surface area contributed by atoms with E-state index in [0.29, 0.717) is 33.1 Å². The summed E-state index contributed by atoms with van der Waals surface area (Å²) in [6, 6.07) is 16.8. The van der Waals surface area contributed by atoms with Crippen molar-refractivity contribution in [2.75, 3.05) is 12.9 Å². The second-order valence-corrected chi connectivity index (χ2v) is 8.27. The SMILES string of the molecule is COc1ccc(C)cc1-n1nnnc1SCC(=O)NCc1ccc(-c2ccc(Cl)cc2)o1. The number of nitrogens with one attached hydrogen (secondary N) is 1. The first-order chi connectivity index (χ1) is 15.5. The molecule has 2 heterocycles. The number of aryl methyl sites for hydroxylation is 1. The third-order valence-electron chi connectivity index (χ3n) is 4.59. The Hall–Kier alpha value is -3.30. The standard InChI is InChI=1S/C22H20ClN5O3S/c1-14-3-9-20(30-2)18(11-14)28-22(25-26-27-28)32-13-21(29)24-12-17-8-10-19(31-17)15-4-6-16(23)7-5-15/h3-11H,12-13H2,1-2H3,(H,24,29). The zero-order valence-electron chi connectivity index (χ0n) is 17.4. The van der Waals surface area contributed by atoms with E-state index in [4.69, 9.17) is 20.8 Å². The summed E-state index contributed by atoms with van der Waals surface area (Å²) in [5, 5.41) is 15.8. The summed E-state index contributed by atoms with van der Waals surface area (Å²) >= 11 is 7.16. The molecular weight excluding hydrogens is 450 g/mol. The van der Waals surface area contributed by atoms with Crippen molar-refractivity contribution in [1.29, 1.82) is 0 Å². The number of amides is 1. The quantitative estimate of drug-likeness (QED) is 0.384. The number of nitrogens with zero attached hydrogens (tertiary/aromatic N) is 4. The van der Waals surface area contributed by atoms with Gasteiger partial charge in [-0.15, -0.1) is 5.10 Å². The second-order valence-electron chi connectivity index (χ2n) is 6.89. The van der Waals surface area contributed by atoms with Crippen LogP contribution in [-0.4, -0.2) is 39.0 Å². The van der Waals surface area contributed by atoms with Crippen molar-refractivity contribution in [1.82, 2.24) is 25.5 Å². The molecule has 1 amide bonds. The molecule has 4 rings (SSSR count). The maximum absolute atomic E-state index is 12.4. The molecule has 0 aliphatic carbocycles. The third-order valence-corrected chi connectivity index (χ3v) is 5.76. The van der Waals surface area contributed by atoms with E-state index in [0.717, 1.165) is 11.1 Å². The Morgan fingerprint density at radius 1 is 1.19 bits per heavy atom. The number of methoxy groups -OCH3 is 1. The van der Waals surface area contributed by atoms with E-state index in [2.05, 4.69) is 20.8 Å². The lowest BCUT2D eigenvalue weighted by molar-refractivity contribution is -0.118. The normalized spacial score (nSPS) is 10.8. The maximum atomic E-state index is 12.4. The first kappa shape index (κ1) is 21.9. The van der Waals surface area contributed by atoms with Crippen LogP contribution in [0, 0.1) is 6.92 Å². The molecule has 0 fully saturated rings. The number of hydrogen-bond acceptors (Lipinski definition) is 7. The Morgan fingerprint density at radius 2 is 2.00 bits per heavy atom. The lowest BCUT2D eigenvalue weighted by Crippen LogP contribution is -2.24. The van der Waals surface area contributed by atoms with Gasteiger partial charge in [-0.1, -0.05) is 29.4 Å². The van der Waals surface area contributed by atoms with Gasteiger partial charge < -0.3 is 14.5 Å². The molecule has 8 nitrogen and oxygen atoms in total. The summed E-state index contributed by atoms with van der Waals surface area (Å²) in [5.74, 6) is 2.00. The number of ether oxygens (including phenoxy) is 1. The van der Waals surface area contributed by atoms with Gasteiger partial charge in [-0.2, -0.15) is 4.68 Å². The third kappa shape index (κ3) is 5.12. The predicted molar refractivity (Wildman–Crippen MR) is 122 cm³/mol. The lowest BCUT2D eigenvalue weighted by atomic mass is 10.2. The van der Waals surface area contributed by atoms with Crippen LogP contribution >= 0.6 is 23.4 Å². The highest BCUT2D eigenvalue weighted by molar-refractivity contribution is 7.99. The molecule has 0 saturated carbocycles. The van der Waals surface area contributed by atoms with E-state index in [1.165, 1.54) is 11.8 Å². The number of carbonyl (C=O) groups is 1. The highest BCUT2D eigenvalue weighted by Gasteiger charge is 2.15. The van der Waals surface area contributed by atoms with Crippen LogP contribution in [0.4, 0.5) is 0 Å². The van der Waals surface area contributed by atoms with E-state index < -0.39 is 0 Å². The number of benzene rings is 2. The summed E-state index contributed by atoms with van der Waals surface area (Å²) in [6.45, 7) is 2.25. The van der Waals surface area contributed by atoms with Gasteiger partial charge in [0.2, 0.25) is 11.1 Å². The van der Waals surface area contributed by atoms with Crippen molar-refractivity contribution in [3.8, 4) is 22.8 Å². The van der Waals surface area contributed by atoms with Gasteiger partial charge >= 0.3 is 0 Å². The van der Waals surface area contributed by atoms with Crippen LogP contribution in [0.3, 0.4) is 0 Å². The van der Waals surface area contributed by atoms with Crippen LogP contribution in [-0.2, 0) is 11.3 Å². The van der Waals surface area contributed by atoms with Crippen LogP contribution < -0.4 is 10.1 Å². The Labute approximate surface area is 193 Å². The number of tetrazole rings is 1. The topological polar surface area (TPSA) is 95.1 Å². The van der Waals surface area contributed by atoms with Crippen molar-refractivity contribution < 1.29 is 13.9 Å². The van der Waals surface area contributed by atoms with E-state index >= 15 is 0 Å². The molecule has 2 aromatic heterocycles. The first-order valence-electron chi connectivity index (χ1n) is 9.71. The number of halogens is 1. The van der Waals surface area contributed by atoms with Crippen LogP contribution in [0.25, 0.3) is 17.0 Å². The number of furan rings is 1. The molecule has 0 aliphatic heterocycles. The van der Waals surface area contributed by atoms with Gasteiger partial charge in [0.25, 0.3) is 0 Å². The van der Waals surface area contributed by atoms with Crippen LogP contribution in [0.5, 0.6) is 5.75 Å². The van der Waals surface area contributed by atoms with E-state index in [1.54, 1.807) is 23.9 Å². The average Bonchev–Trinajstić information content (AvgIpc) is 3.46. The van der Waals surface area contributed by atoms with Crippen LogP contribution in [0.2, 0.25) is 5.02 Å². The molecule has 0 bridgehead atoms. The Morgan fingerprint density at radius 3 is 2.78 bits per heavy atom. The first-order valence-corrected chi connectivity index (χ1v) is 11.1. The minimum atomic E-state index is -0.162. The summed E-state index contributed by atoms with van der Waals surface area (Å²) in [5.41, 5.74) is 2.67. The number of carbonyl (C=O) groups excluding carboxylic acids is 1. The van der Waals surface area contributed by atoms with Gasteiger partial charge in [-0.05, 0) is 71.4 Å². The van der Waals surface area contributed by atoms with Gasteiger partial charge in [-0.3, -0.25) is 4.79 Å². The fourth-order valence-corrected chi connectivity index (χ4v) is 3.83. The fourth-order valence-electron chi connectivity index (χ4n) is 2.99. The minimum absolute atomic E-state index is 0.152. The van der Waals surface area contributed by atoms with E-state index in [-0.39, 0.29) is 18.2 Å². The second kappa shape index (κ2) is 9.88. The maximum Gasteiger partial charge on any atom is 0.230 e. The van der Waals surface area contributed by atoms with Crippen molar-refractivity contribution in [3.05, 3.63) is 70.9 Å². The zero-order valence-corrected chi connectivity index (χ0v) is 19.0. The molecule has 32 heavy (non-hydrogen) atoms. The molecule has 2 aromatic carbocycles. The molecule has 10 heteroatoms. The Bertz CT molecular complexity index is 1220. The van der Waals surface area contributed by atoms with E-state index in [1.807, 2.05) is 49.4 Å². The monoisotopic (exact) mass is 469 g/mol. The zero-order chi connectivity index (χ0) is 22.5. The van der Waals surface area contributed by atoms with Crippen molar-refractivity contribution in [2.45, 2.75) is 18.6 Å². The van der Waals surface area contributed by atoms with Crippen molar-refractivity contribution >= 4 is 29.3 Å². The van der Waals surface area contributed by atoms with Gasteiger partial charge in [0.05, 0.1) is 19.4 Å². The Kier molecular flexibility index (Phi) is 6.77. The molecule has 0 radical (unpaired) electrons. The molecule has 0 aliphatic rings. The molecule has 0 spiro atoms. The highest BCUT2D eigenvalue weighted by atomic mass is 35.5. The molecule has 164 valence electrons. The van der Waals surface area contributed by atoms with Gasteiger partial charge in [0, 0.05) is 10.6 Å². The average molecular weight is 470 g/mol. The highest BCUT2D eigenvalue weighted by Crippen LogP contribution is 2.27. The summed E-state index contributed by atoms with van der Waals surface area (Å²) in [7, 11) is 1.59. The van der Waals surface area contributed by atoms with Crippen LogP contribution in [0.15, 0.2) is 64.2 Å². The molecule has 0 atom stereocenters. The molecular formula is C22H20ClN5O3S. The molecule has 1 N–H and O–H groups in total. The van der Waals surface area contributed by atoms with Gasteiger partial charge in [0.1, 0.15) is 23.0 Å².